The van der Waals surface area contributed by atoms with Crippen LogP contribution in [0.4, 0.5) is 4.79 Å². The molecule has 1 rings (SSSR count). The molecule has 1 fully saturated rings. The van der Waals surface area contributed by atoms with Crippen LogP contribution in [-0.2, 0) is 0 Å². The Hall–Kier alpha value is -0.880. The van der Waals surface area contributed by atoms with E-state index in [1.165, 1.54) is 0 Å². The van der Waals surface area contributed by atoms with Crippen molar-refractivity contribution in [3.63, 3.8) is 0 Å². The van der Waals surface area contributed by atoms with Gasteiger partial charge in [-0.3, -0.25) is 4.90 Å². The van der Waals surface area contributed by atoms with E-state index >= 15 is 0 Å². The molecule has 0 aromatic carbocycles. The Labute approximate surface area is 121 Å². The van der Waals surface area contributed by atoms with Gasteiger partial charge in [0.05, 0.1) is 11.0 Å². The summed E-state index contributed by atoms with van der Waals surface area (Å²) in [5.74, 6) is 0. The van der Waals surface area contributed by atoms with Crippen LogP contribution >= 0.6 is 12.2 Å². The van der Waals surface area contributed by atoms with Gasteiger partial charge in [0.2, 0.25) is 0 Å². The third-order valence-corrected chi connectivity index (χ3v) is 4.05. The van der Waals surface area contributed by atoms with Crippen molar-refractivity contribution in [1.82, 2.24) is 14.7 Å². The topological polar surface area (TPSA) is 52.8 Å². The Morgan fingerprint density at radius 1 is 1.21 bits per heavy atom. The molecule has 2 N–H and O–H groups in total. The minimum Gasteiger partial charge on any atom is -0.392 e. The van der Waals surface area contributed by atoms with Crippen molar-refractivity contribution in [2.45, 2.75) is 33.2 Å². The zero-order valence-electron chi connectivity index (χ0n) is 12.3. The van der Waals surface area contributed by atoms with Gasteiger partial charge in [-0.2, -0.15) is 0 Å². The van der Waals surface area contributed by atoms with E-state index in [4.69, 9.17) is 18.0 Å². The van der Waals surface area contributed by atoms with E-state index in [0.717, 1.165) is 45.7 Å². The summed E-state index contributed by atoms with van der Waals surface area (Å²) < 4.78 is 0. The number of carbonyl (C=O) groups is 1. The average Bonchev–Trinajstić information content (AvgIpc) is 2.41. The molecule has 0 aromatic rings. The van der Waals surface area contributed by atoms with E-state index in [1.54, 1.807) is 0 Å². The van der Waals surface area contributed by atoms with Crippen molar-refractivity contribution in [3.05, 3.63) is 0 Å². The van der Waals surface area contributed by atoms with Crippen LogP contribution in [0.3, 0.4) is 0 Å². The van der Waals surface area contributed by atoms with Crippen LogP contribution in [0.25, 0.3) is 0 Å². The molecule has 2 amide bonds. The van der Waals surface area contributed by atoms with Crippen molar-refractivity contribution in [2.75, 3.05) is 39.3 Å². The predicted molar refractivity (Wildman–Crippen MR) is 82.3 cm³/mol. The van der Waals surface area contributed by atoms with Crippen LogP contribution in [-0.4, -0.2) is 71.0 Å². The molecule has 1 atom stereocenters. The molecule has 110 valence electrons. The lowest BCUT2D eigenvalue weighted by Crippen LogP contribution is -2.56. The number of piperazine rings is 1. The quantitative estimate of drug-likeness (QED) is 0.770. The van der Waals surface area contributed by atoms with Crippen LogP contribution in [0.1, 0.15) is 27.2 Å². The molecule has 0 bridgehead atoms. The summed E-state index contributed by atoms with van der Waals surface area (Å²) in [6.07, 6.45) is 0.930. The van der Waals surface area contributed by atoms with Gasteiger partial charge in [-0.1, -0.05) is 19.1 Å². The summed E-state index contributed by atoms with van der Waals surface area (Å²) in [6.45, 7) is 10.9. The molecule has 0 spiro atoms. The molecule has 1 unspecified atom stereocenters. The van der Waals surface area contributed by atoms with Gasteiger partial charge < -0.3 is 15.5 Å². The van der Waals surface area contributed by atoms with E-state index in [2.05, 4.69) is 11.8 Å². The molecule has 5 nitrogen and oxygen atoms in total. The van der Waals surface area contributed by atoms with Crippen molar-refractivity contribution in [3.8, 4) is 0 Å². The molecule has 1 saturated heterocycles. The molecule has 0 radical (unpaired) electrons. The Bertz CT molecular complexity index is 312. The molecule has 19 heavy (non-hydrogen) atoms. The SMILES string of the molecule is CCC(C(N)=S)N1CCN(C(=O)N(CC)CC)CC1. The van der Waals surface area contributed by atoms with Gasteiger partial charge in [0.15, 0.2) is 0 Å². The van der Waals surface area contributed by atoms with E-state index in [9.17, 15) is 4.79 Å². The highest BCUT2D eigenvalue weighted by atomic mass is 32.1. The second-order valence-corrected chi connectivity index (χ2v) is 5.28. The van der Waals surface area contributed by atoms with Gasteiger partial charge in [0, 0.05) is 39.3 Å². The van der Waals surface area contributed by atoms with Gasteiger partial charge >= 0.3 is 6.03 Å². The summed E-state index contributed by atoms with van der Waals surface area (Å²) in [6, 6.07) is 0.314. The number of amides is 2. The first-order chi connectivity index (χ1) is 9.04. The number of rotatable bonds is 5. The Morgan fingerprint density at radius 3 is 2.11 bits per heavy atom. The van der Waals surface area contributed by atoms with E-state index in [1.807, 2.05) is 23.6 Å². The monoisotopic (exact) mass is 286 g/mol. The molecule has 1 heterocycles. The van der Waals surface area contributed by atoms with Gasteiger partial charge in [-0.05, 0) is 20.3 Å². The lowest BCUT2D eigenvalue weighted by Gasteiger charge is -2.40. The summed E-state index contributed by atoms with van der Waals surface area (Å²) in [5, 5.41) is 0. The molecule has 0 saturated carbocycles. The first-order valence-electron chi connectivity index (χ1n) is 7.12. The standard InChI is InChI=1S/C13H26N4OS/c1-4-11(12(14)19)16-7-9-17(10-8-16)13(18)15(5-2)6-3/h11H,4-10H2,1-3H3,(H2,14,19). The number of hydrogen-bond donors (Lipinski definition) is 1. The van der Waals surface area contributed by atoms with Crippen molar-refractivity contribution in [2.24, 2.45) is 5.73 Å². The Kier molecular flexibility index (Phi) is 6.51. The zero-order valence-corrected chi connectivity index (χ0v) is 13.1. The zero-order chi connectivity index (χ0) is 14.4. The molecular formula is C13H26N4OS. The van der Waals surface area contributed by atoms with E-state index < -0.39 is 0 Å². The summed E-state index contributed by atoms with van der Waals surface area (Å²) in [4.78, 5) is 18.9. The van der Waals surface area contributed by atoms with Crippen LogP contribution in [0.15, 0.2) is 0 Å². The van der Waals surface area contributed by atoms with Crippen molar-refractivity contribution >= 4 is 23.2 Å². The van der Waals surface area contributed by atoms with Crippen molar-refractivity contribution < 1.29 is 4.79 Å². The average molecular weight is 286 g/mol. The maximum Gasteiger partial charge on any atom is 0.320 e. The summed E-state index contributed by atoms with van der Waals surface area (Å²) >= 11 is 5.10. The largest absolute Gasteiger partial charge is 0.392 e. The van der Waals surface area contributed by atoms with Crippen LogP contribution in [0, 0.1) is 0 Å². The fourth-order valence-corrected chi connectivity index (χ4v) is 2.87. The summed E-state index contributed by atoms with van der Waals surface area (Å²) in [5.41, 5.74) is 5.76. The molecule has 0 aromatic heterocycles. The predicted octanol–water partition coefficient (Wildman–Crippen LogP) is 1.13. The fraction of sp³-hybridized carbons (Fsp3) is 0.846. The fourth-order valence-electron chi connectivity index (χ4n) is 2.56. The van der Waals surface area contributed by atoms with E-state index in [-0.39, 0.29) is 12.1 Å². The third kappa shape index (κ3) is 4.04. The first kappa shape index (κ1) is 16.2. The molecular weight excluding hydrogens is 260 g/mol. The molecule has 1 aliphatic rings. The lowest BCUT2D eigenvalue weighted by atomic mass is 10.1. The van der Waals surface area contributed by atoms with Gasteiger partial charge in [0.25, 0.3) is 0 Å². The minimum absolute atomic E-state index is 0.146. The van der Waals surface area contributed by atoms with Gasteiger partial charge in [0.1, 0.15) is 0 Å². The molecule has 1 aliphatic heterocycles. The van der Waals surface area contributed by atoms with Crippen LogP contribution < -0.4 is 5.73 Å². The first-order valence-corrected chi connectivity index (χ1v) is 7.53. The highest BCUT2D eigenvalue weighted by Gasteiger charge is 2.27. The van der Waals surface area contributed by atoms with Crippen LogP contribution in [0.5, 0.6) is 0 Å². The lowest BCUT2D eigenvalue weighted by molar-refractivity contribution is 0.106. The van der Waals surface area contributed by atoms with Crippen molar-refractivity contribution in [1.29, 1.82) is 0 Å². The molecule has 0 aliphatic carbocycles. The Balaban J connectivity index is 2.53. The number of thiocarbonyl (C=S) groups is 1. The highest BCUT2D eigenvalue weighted by Crippen LogP contribution is 2.11. The van der Waals surface area contributed by atoms with Gasteiger partial charge in [-0.15, -0.1) is 0 Å². The van der Waals surface area contributed by atoms with Gasteiger partial charge in [-0.25, -0.2) is 4.79 Å². The smallest absolute Gasteiger partial charge is 0.320 e. The maximum atomic E-state index is 12.2. The number of urea groups is 1. The third-order valence-electron chi connectivity index (χ3n) is 3.77. The summed E-state index contributed by atoms with van der Waals surface area (Å²) in [7, 11) is 0. The van der Waals surface area contributed by atoms with E-state index in [0.29, 0.717) is 4.99 Å². The second kappa shape index (κ2) is 7.65. The highest BCUT2D eigenvalue weighted by molar-refractivity contribution is 7.80. The molecule has 6 heteroatoms. The second-order valence-electron chi connectivity index (χ2n) is 4.80. The normalized spacial score (nSPS) is 18.2. The number of nitrogens with zero attached hydrogens (tertiary/aromatic N) is 3. The number of nitrogens with two attached hydrogens (primary N) is 1. The number of carbonyl (C=O) groups excluding carboxylic acids is 1. The number of hydrogen-bond acceptors (Lipinski definition) is 3. The minimum atomic E-state index is 0.146. The Morgan fingerprint density at radius 2 is 1.74 bits per heavy atom. The van der Waals surface area contributed by atoms with Crippen LogP contribution in [0.2, 0.25) is 0 Å². The maximum absolute atomic E-state index is 12.2.